The average molecular weight is 276 g/mol. The van der Waals surface area contributed by atoms with Crippen molar-refractivity contribution in [2.75, 3.05) is 19.7 Å². The van der Waals surface area contributed by atoms with E-state index in [4.69, 9.17) is 4.74 Å². The second kappa shape index (κ2) is 5.05. The van der Waals surface area contributed by atoms with Crippen LogP contribution in [-0.2, 0) is 9.53 Å². The smallest absolute Gasteiger partial charge is 0.209 e. The summed E-state index contributed by atoms with van der Waals surface area (Å²) in [5.74, 6) is -0.488. The molecule has 0 saturated carbocycles. The third-order valence-corrected chi connectivity index (χ3v) is 3.42. The van der Waals surface area contributed by atoms with E-state index in [1.807, 2.05) is 0 Å². The Hall–Kier alpha value is -2.21. The number of pyridine rings is 1. The lowest BCUT2D eigenvalue weighted by atomic mass is 10.1. The van der Waals surface area contributed by atoms with Crippen LogP contribution in [0.25, 0.3) is 10.9 Å². The van der Waals surface area contributed by atoms with Crippen LogP contribution in [0.15, 0.2) is 24.4 Å². The van der Waals surface area contributed by atoms with Crippen LogP contribution in [-0.4, -0.2) is 41.1 Å². The minimum Gasteiger partial charge on any atom is -0.507 e. The summed E-state index contributed by atoms with van der Waals surface area (Å²) in [5, 5.41) is 10.6. The molecule has 104 valence electrons. The van der Waals surface area contributed by atoms with Gasteiger partial charge < -0.3 is 14.7 Å². The Labute approximate surface area is 114 Å². The van der Waals surface area contributed by atoms with Gasteiger partial charge in [-0.2, -0.15) is 0 Å². The van der Waals surface area contributed by atoms with Crippen molar-refractivity contribution < 1.29 is 19.0 Å². The summed E-state index contributed by atoms with van der Waals surface area (Å²) >= 11 is 0. The van der Waals surface area contributed by atoms with E-state index in [1.165, 1.54) is 24.4 Å². The molecule has 2 heterocycles. The number of amides is 1. The van der Waals surface area contributed by atoms with Crippen molar-refractivity contribution in [3.8, 4) is 5.75 Å². The van der Waals surface area contributed by atoms with E-state index < -0.39 is 11.9 Å². The Balaban J connectivity index is 2.03. The summed E-state index contributed by atoms with van der Waals surface area (Å²) < 4.78 is 18.8. The van der Waals surface area contributed by atoms with Crippen LogP contribution in [0.5, 0.6) is 5.75 Å². The Morgan fingerprint density at radius 2 is 2.35 bits per heavy atom. The average Bonchev–Trinajstić information content (AvgIpc) is 2.48. The maximum Gasteiger partial charge on any atom is 0.209 e. The van der Waals surface area contributed by atoms with Gasteiger partial charge in [-0.15, -0.1) is 0 Å². The number of benzene rings is 1. The molecule has 3 rings (SSSR count). The molecule has 1 amide bonds. The minimum atomic E-state index is -0.450. The van der Waals surface area contributed by atoms with E-state index >= 15 is 0 Å². The molecular formula is C14H13FN2O3. The molecule has 0 bridgehead atoms. The Bertz CT molecular complexity index is 662. The molecular weight excluding hydrogens is 263 g/mol. The molecule has 6 heteroatoms. The standard InChI is InChI=1S/C14H13FN2O3/c15-9-1-2-12-10(5-9)14(19)11(6-16-12)13-7-17(8-18)3-4-20-13/h1-2,5-6,8,13H,3-4,7H2,(H,16,19). The summed E-state index contributed by atoms with van der Waals surface area (Å²) in [7, 11) is 0. The second-order valence-electron chi connectivity index (χ2n) is 4.68. The van der Waals surface area contributed by atoms with E-state index in [9.17, 15) is 14.3 Å². The molecule has 1 fully saturated rings. The summed E-state index contributed by atoms with van der Waals surface area (Å²) in [5.41, 5.74) is 0.977. The monoisotopic (exact) mass is 276 g/mol. The number of ether oxygens (including phenoxy) is 1. The summed E-state index contributed by atoms with van der Waals surface area (Å²) in [6.45, 7) is 1.26. The first-order valence-corrected chi connectivity index (χ1v) is 6.27. The third-order valence-electron chi connectivity index (χ3n) is 3.42. The largest absolute Gasteiger partial charge is 0.507 e. The number of fused-ring (bicyclic) bond motifs is 1. The van der Waals surface area contributed by atoms with Gasteiger partial charge in [-0.25, -0.2) is 4.39 Å². The third kappa shape index (κ3) is 2.18. The molecule has 1 atom stereocenters. The molecule has 1 unspecified atom stereocenters. The molecule has 0 radical (unpaired) electrons. The molecule has 0 aliphatic carbocycles. The topological polar surface area (TPSA) is 62.7 Å². The van der Waals surface area contributed by atoms with Crippen LogP contribution in [0.1, 0.15) is 11.7 Å². The van der Waals surface area contributed by atoms with Crippen molar-refractivity contribution in [3.63, 3.8) is 0 Å². The molecule has 0 spiro atoms. The van der Waals surface area contributed by atoms with Gasteiger partial charge in [-0.3, -0.25) is 9.78 Å². The second-order valence-corrected chi connectivity index (χ2v) is 4.68. The number of hydrogen-bond acceptors (Lipinski definition) is 4. The molecule has 20 heavy (non-hydrogen) atoms. The van der Waals surface area contributed by atoms with Gasteiger partial charge in [-0.05, 0) is 18.2 Å². The van der Waals surface area contributed by atoms with Crippen molar-refractivity contribution in [1.29, 1.82) is 0 Å². The number of hydrogen-bond donors (Lipinski definition) is 1. The first-order chi connectivity index (χ1) is 9.69. The number of aromatic hydroxyl groups is 1. The Morgan fingerprint density at radius 3 is 3.15 bits per heavy atom. The van der Waals surface area contributed by atoms with E-state index in [0.29, 0.717) is 36.2 Å². The van der Waals surface area contributed by atoms with Crippen molar-refractivity contribution in [2.24, 2.45) is 0 Å². The zero-order chi connectivity index (χ0) is 14.1. The molecule has 1 saturated heterocycles. The number of aromatic nitrogens is 1. The lowest BCUT2D eigenvalue weighted by Crippen LogP contribution is -2.37. The first-order valence-electron chi connectivity index (χ1n) is 6.27. The van der Waals surface area contributed by atoms with E-state index in [2.05, 4.69) is 4.98 Å². The highest BCUT2D eigenvalue weighted by Crippen LogP contribution is 2.34. The molecule has 1 aromatic heterocycles. The number of carbonyl (C=O) groups is 1. The molecule has 2 aromatic rings. The van der Waals surface area contributed by atoms with Crippen LogP contribution >= 0.6 is 0 Å². The molecule has 5 nitrogen and oxygen atoms in total. The van der Waals surface area contributed by atoms with Gasteiger partial charge in [0.05, 0.1) is 18.7 Å². The highest BCUT2D eigenvalue weighted by Gasteiger charge is 2.24. The highest BCUT2D eigenvalue weighted by atomic mass is 19.1. The fourth-order valence-electron chi connectivity index (χ4n) is 2.35. The van der Waals surface area contributed by atoms with Crippen molar-refractivity contribution in [1.82, 2.24) is 9.88 Å². The van der Waals surface area contributed by atoms with Gasteiger partial charge in [-0.1, -0.05) is 0 Å². The molecule has 1 N–H and O–H groups in total. The van der Waals surface area contributed by atoms with Gasteiger partial charge in [0.15, 0.2) is 0 Å². The summed E-state index contributed by atoms with van der Waals surface area (Å²) in [6, 6.07) is 4.04. The van der Waals surface area contributed by atoms with Crippen molar-refractivity contribution >= 4 is 17.3 Å². The van der Waals surface area contributed by atoms with Crippen molar-refractivity contribution in [2.45, 2.75) is 6.10 Å². The van der Waals surface area contributed by atoms with E-state index in [0.717, 1.165) is 6.41 Å². The minimum absolute atomic E-state index is 0.0488. The maximum atomic E-state index is 13.3. The fraction of sp³-hybridized carbons (Fsp3) is 0.286. The van der Waals surface area contributed by atoms with Crippen molar-refractivity contribution in [3.05, 3.63) is 35.8 Å². The van der Waals surface area contributed by atoms with Gasteiger partial charge in [0, 0.05) is 23.7 Å². The highest BCUT2D eigenvalue weighted by molar-refractivity contribution is 5.85. The zero-order valence-electron chi connectivity index (χ0n) is 10.6. The van der Waals surface area contributed by atoms with Gasteiger partial charge in [0.1, 0.15) is 17.7 Å². The zero-order valence-corrected chi connectivity index (χ0v) is 10.6. The Morgan fingerprint density at radius 1 is 1.50 bits per heavy atom. The van der Waals surface area contributed by atoms with Gasteiger partial charge >= 0.3 is 0 Å². The van der Waals surface area contributed by atoms with E-state index in [-0.39, 0.29) is 5.75 Å². The van der Waals surface area contributed by atoms with Crippen LogP contribution in [0.3, 0.4) is 0 Å². The van der Waals surface area contributed by atoms with E-state index in [1.54, 1.807) is 4.90 Å². The van der Waals surface area contributed by atoms with Gasteiger partial charge in [0.2, 0.25) is 6.41 Å². The van der Waals surface area contributed by atoms with Crippen LogP contribution in [0.2, 0.25) is 0 Å². The number of rotatable bonds is 2. The Kier molecular flexibility index (Phi) is 3.23. The summed E-state index contributed by atoms with van der Waals surface area (Å²) in [4.78, 5) is 16.6. The number of morpholine rings is 1. The fourth-order valence-corrected chi connectivity index (χ4v) is 2.35. The maximum absolute atomic E-state index is 13.3. The lowest BCUT2D eigenvalue weighted by molar-refractivity contribution is -0.125. The first kappa shape index (κ1) is 12.8. The predicted octanol–water partition coefficient (Wildman–Crippen LogP) is 1.61. The predicted molar refractivity (Wildman–Crippen MR) is 69.7 cm³/mol. The molecule has 1 aliphatic heterocycles. The van der Waals surface area contributed by atoms with Crippen LogP contribution < -0.4 is 0 Å². The normalized spacial score (nSPS) is 19.2. The van der Waals surface area contributed by atoms with Crippen LogP contribution in [0, 0.1) is 5.82 Å². The van der Waals surface area contributed by atoms with Gasteiger partial charge in [0.25, 0.3) is 0 Å². The van der Waals surface area contributed by atoms with Crippen LogP contribution in [0.4, 0.5) is 4.39 Å². The SMILES string of the molecule is O=CN1CCOC(c2cnc3ccc(F)cc3c2O)C1. The number of nitrogens with zero attached hydrogens (tertiary/aromatic N) is 2. The molecule has 1 aromatic carbocycles. The quantitative estimate of drug-likeness (QED) is 0.846. The number of carbonyl (C=O) groups excluding carboxylic acids is 1. The lowest BCUT2D eigenvalue weighted by Gasteiger charge is -2.30. The number of halogens is 1. The summed E-state index contributed by atoms with van der Waals surface area (Å²) in [6.07, 6.45) is 1.81. The molecule has 1 aliphatic rings.